The molecule has 50 heavy (non-hydrogen) atoms. The Morgan fingerprint density at radius 1 is 0.980 bits per heavy atom. The molecule has 1 aliphatic carbocycles. The van der Waals surface area contributed by atoms with Crippen molar-refractivity contribution in [2.75, 3.05) is 30.9 Å². The number of benzene rings is 2. The van der Waals surface area contributed by atoms with Crippen molar-refractivity contribution in [2.45, 2.75) is 90.5 Å². The third kappa shape index (κ3) is 8.66. The van der Waals surface area contributed by atoms with Gasteiger partial charge in [-0.25, -0.2) is 9.18 Å². The minimum absolute atomic E-state index is 0.0122. The van der Waals surface area contributed by atoms with Crippen molar-refractivity contribution in [3.05, 3.63) is 58.9 Å². The molecule has 1 saturated carbocycles. The summed E-state index contributed by atoms with van der Waals surface area (Å²) >= 11 is 0. The number of methoxy groups -OCH3 is 1. The molecule has 5 atom stereocenters. The van der Waals surface area contributed by atoms with E-state index in [1.807, 2.05) is 6.92 Å². The molecule has 2 aromatic carbocycles. The van der Waals surface area contributed by atoms with Gasteiger partial charge in [-0.05, 0) is 59.2 Å². The van der Waals surface area contributed by atoms with Gasteiger partial charge in [0.15, 0.2) is 0 Å². The lowest BCUT2D eigenvalue weighted by Gasteiger charge is -2.36. The fraction of sp³-hybridized carbons (Fsp3) is 0.543. The topological polar surface area (TPSA) is 129 Å². The SMILES string of the molecule is CCC1CC1NC(=O)C1CC(OC(=O)N2Cc3ccc(NC(=O)COC)cc3C2)CN1C(=O)C(Nc1cc(F)cc(C(F)(F)F)c1)C(C)(C)C. The van der Waals surface area contributed by atoms with E-state index in [0.717, 1.165) is 36.1 Å². The number of rotatable bonds is 10. The van der Waals surface area contributed by atoms with Crippen LogP contribution in [0.2, 0.25) is 0 Å². The molecule has 0 aromatic heterocycles. The highest BCUT2D eigenvalue weighted by atomic mass is 19.4. The Hall–Kier alpha value is -4.40. The van der Waals surface area contributed by atoms with Crippen molar-refractivity contribution in [1.82, 2.24) is 15.1 Å². The van der Waals surface area contributed by atoms with Crippen LogP contribution in [-0.2, 0) is 43.1 Å². The number of likely N-dealkylation sites (tertiary alicyclic amines) is 1. The molecule has 272 valence electrons. The lowest BCUT2D eigenvalue weighted by atomic mass is 9.85. The second-order valence-electron chi connectivity index (χ2n) is 14.3. The van der Waals surface area contributed by atoms with Gasteiger partial charge >= 0.3 is 12.3 Å². The van der Waals surface area contributed by atoms with Crippen molar-refractivity contribution in [3.63, 3.8) is 0 Å². The molecule has 2 heterocycles. The van der Waals surface area contributed by atoms with Gasteiger partial charge in [0.1, 0.15) is 30.6 Å². The molecule has 0 radical (unpaired) electrons. The van der Waals surface area contributed by atoms with Crippen molar-refractivity contribution in [1.29, 1.82) is 0 Å². The molecular weight excluding hydrogens is 662 g/mol. The zero-order valence-corrected chi connectivity index (χ0v) is 28.7. The lowest BCUT2D eigenvalue weighted by Crippen LogP contribution is -2.54. The van der Waals surface area contributed by atoms with Crippen LogP contribution in [0.4, 0.5) is 33.7 Å². The van der Waals surface area contributed by atoms with Crippen LogP contribution in [0, 0.1) is 17.2 Å². The summed E-state index contributed by atoms with van der Waals surface area (Å²) in [5.74, 6) is -2.14. The van der Waals surface area contributed by atoms with Crippen LogP contribution in [0.15, 0.2) is 36.4 Å². The summed E-state index contributed by atoms with van der Waals surface area (Å²) in [4.78, 5) is 56.0. The van der Waals surface area contributed by atoms with E-state index < -0.39 is 59.1 Å². The molecular formula is C35H43F4N5O6. The van der Waals surface area contributed by atoms with Crippen molar-refractivity contribution in [2.24, 2.45) is 11.3 Å². The van der Waals surface area contributed by atoms with Gasteiger partial charge < -0.3 is 30.3 Å². The minimum Gasteiger partial charge on any atom is -0.444 e. The molecule has 5 unspecified atom stereocenters. The van der Waals surface area contributed by atoms with E-state index in [1.54, 1.807) is 39.0 Å². The maximum Gasteiger partial charge on any atom is 0.416 e. The first-order valence-electron chi connectivity index (χ1n) is 16.6. The number of halogens is 4. The van der Waals surface area contributed by atoms with Crippen LogP contribution in [-0.4, -0.2) is 78.1 Å². The molecule has 1 saturated heterocycles. The molecule has 3 N–H and O–H groups in total. The van der Waals surface area contributed by atoms with Gasteiger partial charge in [-0.3, -0.25) is 19.3 Å². The first kappa shape index (κ1) is 36.9. The molecule has 5 rings (SSSR count). The maximum atomic E-state index is 14.3. The zero-order valence-electron chi connectivity index (χ0n) is 28.7. The number of amides is 4. The number of carbonyl (C=O) groups excluding carboxylic acids is 4. The largest absolute Gasteiger partial charge is 0.444 e. The highest BCUT2D eigenvalue weighted by Gasteiger charge is 2.48. The number of hydrogen-bond donors (Lipinski definition) is 3. The van der Waals surface area contributed by atoms with Gasteiger partial charge in [0.05, 0.1) is 12.1 Å². The molecule has 2 aromatic rings. The minimum atomic E-state index is -4.81. The van der Waals surface area contributed by atoms with Gasteiger partial charge in [-0.2, -0.15) is 13.2 Å². The number of nitrogens with one attached hydrogen (secondary N) is 3. The van der Waals surface area contributed by atoms with E-state index in [9.17, 15) is 36.7 Å². The van der Waals surface area contributed by atoms with Crippen molar-refractivity contribution < 1.29 is 46.2 Å². The van der Waals surface area contributed by atoms with Crippen LogP contribution in [0.25, 0.3) is 0 Å². The quantitative estimate of drug-likeness (QED) is 0.287. The fourth-order valence-corrected chi connectivity index (χ4v) is 6.49. The Morgan fingerprint density at radius 3 is 2.34 bits per heavy atom. The summed E-state index contributed by atoms with van der Waals surface area (Å²) < 4.78 is 65.4. The Kier molecular flexibility index (Phi) is 10.7. The third-order valence-electron chi connectivity index (χ3n) is 9.29. The summed E-state index contributed by atoms with van der Waals surface area (Å²) in [6.45, 7) is 7.34. The molecule has 2 aliphatic heterocycles. The maximum absolute atomic E-state index is 14.3. The fourth-order valence-electron chi connectivity index (χ4n) is 6.49. The van der Waals surface area contributed by atoms with Crippen LogP contribution < -0.4 is 16.0 Å². The molecule has 2 fully saturated rings. The second-order valence-corrected chi connectivity index (χ2v) is 14.3. The smallest absolute Gasteiger partial charge is 0.416 e. The highest BCUT2D eigenvalue weighted by Crippen LogP contribution is 2.36. The summed E-state index contributed by atoms with van der Waals surface area (Å²) in [5.41, 5.74) is -0.116. The van der Waals surface area contributed by atoms with E-state index in [0.29, 0.717) is 17.7 Å². The van der Waals surface area contributed by atoms with Crippen LogP contribution in [0.3, 0.4) is 0 Å². The average Bonchev–Trinajstić information content (AvgIpc) is 3.42. The number of fused-ring (bicyclic) bond motifs is 1. The number of hydrogen-bond acceptors (Lipinski definition) is 7. The van der Waals surface area contributed by atoms with E-state index in [2.05, 4.69) is 16.0 Å². The Labute approximate surface area is 288 Å². The first-order valence-corrected chi connectivity index (χ1v) is 16.6. The number of carbonyl (C=O) groups is 4. The van der Waals surface area contributed by atoms with Gasteiger partial charge in [0.25, 0.3) is 0 Å². The Morgan fingerprint density at radius 2 is 1.70 bits per heavy atom. The van der Waals surface area contributed by atoms with E-state index in [-0.39, 0.29) is 50.3 Å². The van der Waals surface area contributed by atoms with Gasteiger partial charge in [0, 0.05) is 44.0 Å². The standard InChI is InChI=1S/C35H43F4N5O6/c1-6-19-10-27(19)42-31(46)28-14-26(50-33(48)43-15-20-7-8-24(9-21(20)16-43)40-29(45)18-49-5)17-44(28)32(47)30(34(2,3)4)41-25-12-22(35(37,38)39)11-23(36)13-25/h7-9,11-13,19,26-28,30,41H,6,10,14-18H2,1-5H3,(H,40,45)(H,42,46). The van der Waals surface area contributed by atoms with Crippen molar-refractivity contribution in [3.8, 4) is 0 Å². The number of anilines is 2. The number of nitrogens with zero attached hydrogens (tertiary/aromatic N) is 2. The Balaban J connectivity index is 1.32. The van der Waals surface area contributed by atoms with E-state index in [4.69, 9.17) is 9.47 Å². The molecule has 0 bridgehead atoms. The zero-order chi connectivity index (χ0) is 36.5. The van der Waals surface area contributed by atoms with Gasteiger partial charge in [-0.1, -0.05) is 40.2 Å². The van der Waals surface area contributed by atoms with Crippen LogP contribution >= 0.6 is 0 Å². The number of ether oxygens (including phenoxy) is 2. The molecule has 11 nitrogen and oxygen atoms in total. The van der Waals surface area contributed by atoms with E-state index >= 15 is 0 Å². The second kappa shape index (κ2) is 14.4. The predicted molar refractivity (Wildman–Crippen MR) is 175 cm³/mol. The molecule has 4 amide bonds. The van der Waals surface area contributed by atoms with Crippen molar-refractivity contribution >= 4 is 35.2 Å². The monoisotopic (exact) mass is 705 g/mol. The third-order valence-corrected chi connectivity index (χ3v) is 9.29. The lowest BCUT2D eigenvalue weighted by molar-refractivity contribution is -0.140. The summed E-state index contributed by atoms with van der Waals surface area (Å²) in [5, 5.41) is 8.52. The average molecular weight is 706 g/mol. The highest BCUT2D eigenvalue weighted by molar-refractivity contribution is 5.93. The van der Waals surface area contributed by atoms with Crippen LogP contribution in [0.5, 0.6) is 0 Å². The normalized spacial score (nSPS) is 22.1. The summed E-state index contributed by atoms with van der Waals surface area (Å²) in [6.07, 6.45) is -4.63. The van der Waals surface area contributed by atoms with Gasteiger partial charge in [0.2, 0.25) is 17.7 Å². The summed E-state index contributed by atoms with van der Waals surface area (Å²) in [6, 6.07) is 5.05. The molecule has 15 heteroatoms. The predicted octanol–water partition coefficient (Wildman–Crippen LogP) is 5.29. The van der Waals surface area contributed by atoms with E-state index in [1.165, 1.54) is 16.9 Å². The Bertz CT molecular complexity index is 1630. The number of alkyl halides is 3. The molecule has 3 aliphatic rings. The van der Waals surface area contributed by atoms with Crippen LogP contribution in [0.1, 0.15) is 63.6 Å². The van der Waals surface area contributed by atoms with Gasteiger partial charge in [-0.15, -0.1) is 0 Å². The summed E-state index contributed by atoms with van der Waals surface area (Å²) in [7, 11) is 1.41. The molecule has 0 spiro atoms. The first-order chi connectivity index (χ1) is 23.5.